The van der Waals surface area contributed by atoms with Crippen molar-refractivity contribution in [1.29, 1.82) is 0 Å². The van der Waals surface area contributed by atoms with Crippen LogP contribution in [0.4, 0.5) is 0 Å². The fraction of sp³-hybridized carbons (Fsp3) is 1.00. The molecule has 2 saturated carbocycles. The predicted octanol–water partition coefficient (Wildman–Crippen LogP) is 2.01. The highest BCUT2D eigenvalue weighted by Gasteiger charge is 2.49. The maximum Gasteiger partial charge on any atom is 0.0465 e. The lowest BCUT2D eigenvalue weighted by Gasteiger charge is -2.35. The minimum atomic E-state index is 0.309. The summed E-state index contributed by atoms with van der Waals surface area (Å²) in [5.74, 6) is 3.52. The van der Waals surface area contributed by atoms with Crippen LogP contribution in [-0.4, -0.2) is 17.8 Å². The fourth-order valence-corrected chi connectivity index (χ4v) is 3.59. The maximum absolute atomic E-state index is 9.49. The molecule has 4 unspecified atom stereocenters. The second-order valence-corrected chi connectivity index (χ2v) is 6.04. The van der Waals surface area contributed by atoms with Gasteiger partial charge in [-0.05, 0) is 55.3 Å². The second kappa shape index (κ2) is 4.42. The van der Waals surface area contributed by atoms with Crippen molar-refractivity contribution in [3.8, 4) is 0 Å². The lowest BCUT2D eigenvalue weighted by Crippen LogP contribution is -2.40. The number of rotatable bonds is 4. The van der Waals surface area contributed by atoms with E-state index < -0.39 is 0 Å². The summed E-state index contributed by atoms with van der Waals surface area (Å²) in [6, 6.07) is 0.309. The summed E-state index contributed by atoms with van der Waals surface area (Å²) >= 11 is 0. The van der Waals surface area contributed by atoms with E-state index in [1.807, 2.05) is 0 Å². The molecule has 0 amide bonds. The number of fused-ring (bicyclic) bond motifs is 1. The van der Waals surface area contributed by atoms with Crippen LogP contribution in [0.5, 0.6) is 0 Å². The normalized spacial score (nSPS) is 41.4. The number of aliphatic hydroxyl groups excluding tert-OH is 1. The van der Waals surface area contributed by atoms with Gasteiger partial charge in [-0.3, -0.25) is 0 Å². The topological polar surface area (TPSA) is 46.2 Å². The van der Waals surface area contributed by atoms with Gasteiger partial charge in [-0.25, -0.2) is 0 Å². The molecule has 0 spiro atoms. The van der Waals surface area contributed by atoms with Crippen molar-refractivity contribution in [3.63, 3.8) is 0 Å². The molecule has 0 bridgehead atoms. The first-order chi connectivity index (χ1) is 7.13. The molecule has 2 heteroatoms. The number of nitrogens with two attached hydrogens (primary N) is 1. The third-order valence-corrected chi connectivity index (χ3v) is 4.45. The van der Waals surface area contributed by atoms with E-state index in [4.69, 9.17) is 5.73 Å². The number of hydrogen-bond donors (Lipinski definition) is 2. The average molecular weight is 211 g/mol. The zero-order valence-electron chi connectivity index (χ0n) is 10.0. The molecular weight excluding hydrogens is 186 g/mol. The highest BCUT2D eigenvalue weighted by Crippen LogP contribution is 2.55. The van der Waals surface area contributed by atoms with Crippen molar-refractivity contribution >= 4 is 0 Å². The first kappa shape index (κ1) is 11.4. The van der Waals surface area contributed by atoms with Gasteiger partial charge < -0.3 is 10.8 Å². The van der Waals surface area contributed by atoms with Gasteiger partial charge in [0.1, 0.15) is 0 Å². The van der Waals surface area contributed by atoms with E-state index in [9.17, 15) is 5.11 Å². The van der Waals surface area contributed by atoms with Gasteiger partial charge in [0.25, 0.3) is 0 Å². The van der Waals surface area contributed by atoms with E-state index in [1.165, 1.54) is 19.3 Å². The highest BCUT2D eigenvalue weighted by molar-refractivity contribution is 5.00. The minimum Gasteiger partial charge on any atom is -0.396 e. The summed E-state index contributed by atoms with van der Waals surface area (Å²) in [6.07, 6.45) is 5.08. The number of aliphatic hydroxyl groups is 1. The molecule has 2 fully saturated rings. The first-order valence-corrected chi connectivity index (χ1v) is 6.50. The molecule has 0 radical (unpaired) electrons. The Morgan fingerprint density at radius 2 is 2.07 bits per heavy atom. The van der Waals surface area contributed by atoms with Crippen LogP contribution in [0.25, 0.3) is 0 Å². The SMILES string of the molecule is CC(C)C[C@H](N)C1CCC2CC2C1CO. The van der Waals surface area contributed by atoms with Crippen molar-refractivity contribution in [2.75, 3.05) is 6.61 Å². The minimum absolute atomic E-state index is 0.309. The van der Waals surface area contributed by atoms with Gasteiger partial charge in [-0.2, -0.15) is 0 Å². The molecule has 0 aliphatic heterocycles. The van der Waals surface area contributed by atoms with Crippen LogP contribution < -0.4 is 5.73 Å². The zero-order chi connectivity index (χ0) is 11.0. The van der Waals surface area contributed by atoms with Gasteiger partial charge in [0.05, 0.1) is 0 Å². The molecule has 0 heterocycles. The van der Waals surface area contributed by atoms with Crippen LogP contribution in [0.15, 0.2) is 0 Å². The Kier molecular flexibility index (Phi) is 3.36. The third-order valence-electron chi connectivity index (χ3n) is 4.45. The van der Waals surface area contributed by atoms with Gasteiger partial charge in [-0.1, -0.05) is 13.8 Å². The molecule has 0 aromatic carbocycles. The molecule has 0 aromatic heterocycles. The van der Waals surface area contributed by atoms with Crippen molar-refractivity contribution in [2.24, 2.45) is 35.3 Å². The molecule has 2 nitrogen and oxygen atoms in total. The Balaban J connectivity index is 1.94. The highest BCUT2D eigenvalue weighted by atomic mass is 16.3. The monoisotopic (exact) mass is 211 g/mol. The van der Waals surface area contributed by atoms with Gasteiger partial charge in [0.2, 0.25) is 0 Å². The van der Waals surface area contributed by atoms with Gasteiger partial charge in [0.15, 0.2) is 0 Å². The Hall–Kier alpha value is -0.0800. The van der Waals surface area contributed by atoms with E-state index in [-0.39, 0.29) is 0 Å². The lowest BCUT2D eigenvalue weighted by atomic mass is 9.74. The fourth-order valence-electron chi connectivity index (χ4n) is 3.59. The molecule has 5 atom stereocenters. The van der Waals surface area contributed by atoms with Gasteiger partial charge in [0, 0.05) is 12.6 Å². The first-order valence-electron chi connectivity index (χ1n) is 6.50. The summed E-state index contributed by atoms with van der Waals surface area (Å²) < 4.78 is 0. The van der Waals surface area contributed by atoms with Crippen LogP contribution in [-0.2, 0) is 0 Å². The Labute approximate surface area is 93.2 Å². The van der Waals surface area contributed by atoms with E-state index >= 15 is 0 Å². The molecular formula is C13H25NO. The molecule has 0 saturated heterocycles. The Morgan fingerprint density at radius 3 is 2.67 bits per heavy atom. The summed E-state index contributed by atoms with van der Waals surface area (Å²) in [4.78, 5) is 0. The largest absolute Gasteiger partial charge is 0.396 e. The van der Waals surface area contributed by atoms with E-state index in [0.29, 0.717) is 30.4 Å². The smallest absolute Gasteiger partial charge is 0.0465 e. The summed E-state index contributed by atoms with van der Waals surface area (Å²) in [5.41, 5.74) is 6.28. The molecule has 2 aliphatic carbocycles. The molecule has 15 heavy (non-hydrogen) atoms. The zero-order valence-corrected chi connectivity index (χ0v) is 10.0. The number of hydrogen-bond acceptors (Lipinski definition) is 2. The van der Waals surface area contributed by atoms with E-state index in [0.717, 1.165) is 18.3 Å². The van der Waals surface area contributed by atoms with Crippen LogP contribution in [0, 0.1) is 29.6 Å². The van der Waals surface area contributed by atoms with Crippen molar-refractivity contribution in [3.05, 3.63) is 0 Å². The Bertz CT molecular complexity index is 217. The summed E-state index contributed by atoms with van der Waals surface area (Å²) in [7, 11) is 0. The molecule has 88 valence electrons. The van der Waals surface area contributed by atoms with Crippen molar-refractivity contribution in [2.45, 2.75) is 45.6 Å². The standard InChI is InChI=1S/C13H25NO/c1-8(2)5-13(14)10-4-3-9-6-11(9)12(10)7-15/h8-13,15H,3-7,14H2,1-2H3/t9?,10?,11?,12?,13-/m0/s1. The van der Waals surface area contributed by atoms with Crippen LogP contribution >= 0.6 is 0 Å². The molecule has 2 rings (SSSR count). The second-order valence-electron chi connectivity index (χ2n) is 6.04. The van der Waals surface area contributed by atoms with Gasteiger partial charge >= 0.3 is 0 Å². The average Bonchev–Trinajstić information content (AvgIpc) is 2.93. The van der Waals surface area contributed by atoms with Crippen molar-refractivity contribution < 1.29 is 5.11 Å². The maximum atomic E-state index is 9.49. The van der Waals surface area contributed by atoms with Gasteiger partial charge in [-0.15, -0.1) is 0 Å². The third kappa shape index (κ3) is 2.36. The van der Waals surface area contributed by atoms with E-state index in [1.54, 1.807) is 0 Å². The summed E-state index contributed by atoms with van der Waals surface area (Å²) in [5, 5.41) is 9.49. The lowest BCUT2D eigenvalue weighted by molar-refractivity contribution is 0.101. The van der Waals surface area contributed by atoms with Crippen LogP contribution in [0.3, 0.4) is 0 Å². The Morgan fingerprint density at radius 1 is 1.33 bits per heavy atom. The van der Waals surface area contributed by atoms with Crippen LogP contribution in [0.2, 0.25) is 0 Å². The van der Waals surface area contributed by atoms with Crippen LogP contribution in [0.1, 0.15) is 39.5 Å². The molecule has 2 aliphatic rings. The molecule has 0 aromatic rings. The van der Waals surface area contributed by atoms with E-state index in [2.05, 4.69) is 13.8 Å². The quantitative estimate of drug-likeness (QED) is 0.747. The molecule has 3 N–H and O–H groups in total. The van der Waals surface area contributed by atoms with Crippen molar-refractivity contribution in [1.82, 2.24) is 0 Å². The summed E-state index contributed by atoms with van der Waals surface area (Å²) in [6.45, 7) is 4.82. The predicted molar refractivity (Wildman–Crippen MR) is 62.3 cm³/mol.